The SMILES string of the molecule is Nc1cc(-c2ccc(CO)c(F)c2)n[nH]1. The number of hydrogen-bond acceptors (Lipinski definition) is 3. The molecule has 0 spiro atoms. The highest BCUT2D eigenvalue weighted by atomic mass is 19.1. The van der Waals surface area contributed by atoms with E-state index >= 15 is 0 Å². The number of nitrogen functional groups attached to an aromatic ring is 1. The van der Waals surface area contributed by atoms with Gasteiger partial charge in [-0.05, 0) is 6.07 Å². The van der Waals surface area contributed by atoms with Crippen LogP contribution in [0.5, 0.6) is 0 Å². The molecule has 4 N–H and O–H groups in total. The molecule has 0 aliphatic heterocycles. The topological polar surface area (TPSA) is 74.9 Å². The van der Waals surface area contributed by atoms with Crippen LogP contribution < -0.4 is 5.73 Å². The number of nitrogens with one attached hydrogen (secondary N) is 1. The van der Waals surface area contributed by atoms with E-state index in [0.717, 1.165) is 0 Å². The van der Waals surface area contributed by atoms with E-state index in [1.165, 1.54) is 12.1 Å². The van der Waals surface area contributed by atoms with Crippen molar-refractivity contribution in [1.82, 2.24) is 10.2 Å². The molecule has 0 bridgehead atoms. The van der Waals surface area contributed by atoms with Gasteiger partial charge in [0.15, 0.2) is 0 Å². The summed E-state index contributed by atoms with van der Waals surface area (Å²) >= 11 is 0. The molecule has 2 rings (SSSR count). The highest BCUT2D eigenvalue weighted by Crippen LogP contribution is 2.21. The fourth-order valence-corrected chi connectivity index (χ4v) is 1.32. The maximum absolute atomic E-state index is 13.3. The molecule has 1 heterocycles. The summed E-state index contributed by atoms with van der Waals surface area (Å²) in [7, 11) is 0. The molecule has 0 saturated carbocycles. The van der Waals surface area contributed by atoms with Gasteiger partial charge in [-0.15, -0.1) is 0 Å². The van der Waals surface area contributed by atoms with E-state index in [0.29, 0.717) is 17.1 Å². The lowest BCUT2D eigenvalue weighted by Crippen LogP contribution is -1.90. The zero-order chi connectivity index (χ0) is 10.8. The van der Waals surface area contributed by atoms with E-state index in [9.17, 15) is 4.39 Å². The van der Waals surface area contributed by atoms with Crippen molar-refractivity contribution in [1.29, 1.82) is 0 Å². The van der Waals surface area contributed by atoms with Crippen molar-refractivity contribution in [2.75, 3.05) is 5.73 Å². The number of rotatable bonds is 2. The second kappa shape index (κ2) is 3.70. The summed E-state index contributed by atoms with van der Waals surface area (Å²) in [5, 5.41) is 15.3. The second-order valence-corrected chi connectivity index (χ2v) is 3.17. The van der Waals surface area contributed by atoms with Crippen LogP contribution in [0.25, 0.3) is 11.3 Å². The van der Waals surface area contributed by atoms with Gasteiger partial charge in [0.2, 0.25) is 0 Å². The van der Waals surface area contributed by atoms with Gasteiger partial charge in [0, 0.05) is 17.2 Å². The second-order valence-electron chi connectivity index (χ2n) is 3.17. The Bertz CT molecular complexity index is 481. The maximum Gasteiger partial charge on any atom is 0.129 e. The van der Waals surface area contributed by atoms with Crippen LogP contribution in [0.15, 0.2) is 24.3 Å². The van der Waals surface area contributed by atoms with Crippen LogP contribution >= 0.6 is 0 Å². The van der Waals surface area contributed by atoms with Gasteiger partial charge in [-0.2, -0.15) is 5.10 Å². The van der Waals surface area contributed by atoms with E-state index in [1.54, 1.807) is 12.1 Å². The quantitative estimate of drug-likeness (QED) is 0.694. The van der Waals surface area contributed by atoms with Crippen LogP contribution in [0.4, 0.5) is 10.2 Å². The van der Waals surface area contributed by atoms with Crippen LogP contribution in [0.1, 0.15) is 5.56 Å². The predicted molar refractivity (Wildman–Crippen MR) is 54.3 cm³/mol. The van der Waals surface area contributed by atoms with Crippen LogP contribution in [-0.4, -0.2) is 15.3 Å². The molecule has 0 unspecified atom stereocenters. The molecule has 0 aliphatic carbocycles. The molecule has 5 heteroatoms. The van der Waals surface area contributed by atoms with Crippen LogP contribution in [-0.2, 0) is 6.61 Å². The van der Waals surface area contributed by atoms with Gasteiger partial charge in [-0.3, -0.25) is 5.10 Å². The Hall–Kier alpha value is -1.88. The molecule has 2 aromatic rings. The number of aliphatic hydroxyl groups is 1. The molecule has 1 aromatic carbocycles. The smallest absolute Gasteiger partial charge is 0.129 e. The van der Waals surface area contributed by atoms with E-state index < -0.39 is 5.82 Å². The molecule has 0 aliphatic rings. The summed E-state index contributed by atoms with van der Waals surface area (Å²) < 4.78 is 13.3. The Morgan fingerprint density at radius 1 is 1.40 bits per heavy atom. The molecule has 78 valence electrons. The molecule has 0 amide bonds. The van der Waals surface area contributed by atoms with Gasteiger partial charge < -0.3 is 10.8 Å². The number of aromatic amines is 1. The highest BCUT2D eigenvalue weighted by Gasteiger charge is 2.06. The van der Waals surface area contributed by atoms with Crippen LogP contribution in [0.2, 0.25) is 0 Å². The molecular weight excluding hydrogens is 197 g/mol. The lowest BCUT2D eigenvalue weighted by molar-refractivity contribution is 0.276. The minimum atomic E-state index is -0.448. The first kappa shape index (κ1) is 9.67. The number of nitrogens with two attached hydrogens (primary N) is 1. The Morgan fingerprint density at radius 2 is 2.20 bits per heavy atom. The molecule has 4 nitrogen and oxygen atoms in total. The van der Waals surface area contributed by atoms with Gasteiger partial charge >= 0.3 is 0 Å². The van der Waals surface area contributed by atoms with Gasteiger partial charge in [-0.1, -0.05) is 12.1 Å². The molecule has 0 fully saturated rings. The zero-order valence-corrected chi connectivity index (χ0v) is 7.87. The van der Waals surface area contributed by atoms with Crippen LogP contribution in [0, 0.1) is 5.82 Å². The van der Waals surface area contributed by atoms with Crippen molar-refractivity contribution in [3.63, 3.8) is 0 Å². The monoisotopic (exact) mass is 207 g/mol. The Kier molecular flexibility index (Phi) is 2.39. The molecular formula is C10H10FN3O. The van der Waals surface area contributed by atoms with Crippen molar-refractivity contribution >= 4 is 5.82 Å². The molecule has 1 aromatic heterocycles. The van der Waals surface area contributed by atoms with Crippen molar-refractivity contribution in [2.45, 2.75) is 6.61 Å². The number of aliphatic hydroxyl groups excluding tert-OH is 1. The molecule has 0 radical (unpaired) electrons. The van der Waals surface area contributed by atoms with E-state index in [-0.39, 0.29) is 12.2 Å². The first-order chi connectivity index (χ1) is 7.20. The fourth-order valence-electron chi connectivity index (χ4n) is 1.32. The van der Waals surface area contributed by atoms with Crippen molar-refractivity contribution in [2.24, 2.45) is 0 Å². The zero-order valence-electron chi connectivity index (χ0n) is 7.87. The summed E-state index contributed by atoms with van der Waals surface area (Å²) in [6.07, 6.45) is 0. The standard InChI is InChI=1S/C10H10FN3O/c11-8-3-6(1-2-7(8)5-15)9-4-10(12)14-13-9/h1-4,15H,5H2,(H3,12,13,14). The number of hydrogen-bond donors (Lipinski definition) is 3. The number of nitrogens with zero attached hydrogens (tertiary/aromatic N) is 1. The third-order valence-electron chi connectivity index (χ3n) is 2.12. The molecule has 0 atom stereocenters. The largest absolute Gasteiger partial charge is 0.392 e. The van der Waals surface area contributed by atoms with Crippen molar-refractivity contribution in [3.8, 4) is 11.3 Å². The van der Waals surface area contributed by atoms with Crippen molar-refractivity contribution < 1.29 is 9.50 Å². The number of halogens is 1. The van der Waals surface area contributed by atoms with E-state index in [1.807, 2.05) is 0 Å². The molecule has 0 saturated heterocycles. The van der Waals surface area contributed by atoms with Gasteiger partial charge in [-0.25, -0.2) is 4.39 Å². The third-order valence-corrected chi connectivity index (χ3v) is 2.12. The lowest BCUT2D eigenvalue weighted by atomic mass is 10.1. The highest BCUT2D eigenvalue weighted by molar-refractivity contribution is 5.62. The van der Waals surface area contributed by atoms with Crippen molar-refractivity contribution in [3.05, 3.63) is 35.6 Å². The van der Waals surface area contributed by atoms with Gasteiger partial charge in [0.05, 0.1) is 12.3 Å². The summed E-state index contributed by atoms with van der Waals surface area (Å²) in [5.74, 6) is -0.0202. The minimum absolute atomic E-state index is 0.266. The van der Waals surface area contributed by atoms with Gasteiger partial charge in [0.1, 0.15) is 11.6 Å². The average molecular weight is 207 g/mol. The lowest BCUT2D eigenvalue weighted by Gasteiger charge is -2.01. The number of benzene rings is 1. The molecule has 15 heavy (non-hydrogen) atoms. The minimum Gasteiger partial charge on any atom is -0.392 e. The number of H-pyrrole nitrogens is 1. The van der Waals surface area contributed by atoms with E-state index in [2.05, 4.69) is 10.2 Å². The predicted octanol–water partition coefficient (Wildman–Crippen LogP) is 1.29. The maximum atomic E-state index is 13.3. The van der Waals surface area contributed by atoms with Crippen LogP contribution in [0.3, 0.4) is 0 Å². The summed E-state index contributed by atoms with van der Waals surface area (Å²) in [5.41, 5.74) is 6.93. The summed E-state index contributed by atoms with van der Waals surface area (Å²) in [6.45, 7) is -0.311. The summed E-state index contributed by atoms with van der Waals surface area (Å²) in [6, 6.07) is 6.15. The fraction of sp³-hybridized carbons (Fsp3) is 0.100. The normalized spacial score (nSPS) is 10.5. The van der Waals surface area contributed by atoms with E-state index in [4.69, 9.17) is 10.8 Å². The number of aromatic nitrogens is 2. The Morgan fingerprint density at radius 3 is 2.73 bits per heavy atom. The first-order valence-corrected chi connectivity index (χ1v) is 4.41. The Labute approximate surface area is 85.6 Å². The first-order valence-electron chi connectivity index (χ1n) is 4.41. The summed E-state index contributed by atoms with van der Waals surface area (Å²) in [4.78, 5) is 0. The van der Waals surface area contributed by atoms with Gasteiger partial charge in [0.25, 0.3) is 0 Å². The number of anilines is 1. The average Bonchev–Trinajstić information content (AvgIpc) is 2.65. The third kappa shape index (κ3) is 1.82. The Balaban J connectivity index is 2.42.